The van der Waals surface area contributed by atoms with Crippen LogP contribution in [0.4, 0.5) is 0 Å². The van der Waals surface area contributed by atoms with Crippen LogP contribution in [-0.4, -0.2) is 9.96 Å². The third-order valence-electron chi connectivity index (χ3n) is 1.76. The van der Waals surface area contributed by atoms with E-state index in [4.69, 9.17) is 0 Å². The largest absolute Gasteiger partial charge is 0.259 e. The number of hydrogen-bond donors (Lipinski definition) is 0. The zero-order valence-electron chi connectivity index (χ0n) is 9.12. The Labute approximate surface area is 89.0 Å². The molecule has 0 spiro atoms. The van der Waals surface area contributed by atoms with E-state index in [9.17, 15) is 4.21 Å². The smallest absolute Gasteiger partial charge is 0.0485 e. The molecule has 1 nitrogen and oxygen atoms in total. The molecular weight excluding hydrogens is 192 g/mol. The van der Waals surface area contributed by atoms with Gasteiger partial charge in [0.05, 0.1) is 0 Å². The van der Waals surface area contributed by atoms with Crippen molar-refractivity contribution >= 4 is 10.8 Å². The quantitative estimate of drug-likeness (QED) is 0.749. The van der Waals surface area contributed by atoms with Crippen LogP contribution < -0.4 is 0 Å². The lowest BCUT2D eigenvalue weighted by Gasteiger charge is -2.17. The van der Waals surface area contributed by atoms with Gasteiger partial charge in [0.25, 0.3) is 0 Å². The van der Waals surface area contributed by atoms with Crippen molar-refractivity contribution in [1.82, 2.24) is 0 Å². The van der Waals surface area contributed by atoms with Gasteiger partial charge in [0.15, 0.2) is 0 Å². The molecule has 0 aliphatic heterocycles. The molecule has 0 amide bonds. The van der Waals surface area contributed by atoms with Gasteiger partial charge in [-0.15, -0.1) is 0 Å². The Balaban J connectivity index is 2.50. The molecule has 1 atom stereocenters. The van der Waals surface area contributed by atoms with E-state index in [1.165, 1.54) is 0 Å². The third kappa shape index (κ3) is 4.56. The molecule has 0 N–H and O–H groups in total. The van der Waals surface area contributed by atoms with E-state index in [1.807, 2.05) is 30.3 Å². The van der Waals surface area contributed by atoms with Gasteiger partial charge in [-0.05, 0) is 11.0 Å². The standard InChI is InChI=1S/C12H18OS/c1-12(2,3)10-14(13)9-11-7-5-4-6-8-11/h4-8H,9-10H2,1-3H3. The monoisotopic (exact) mass is 210 g/mol. The highest BCUT2D eigenvalue weighted by Crippen LogP contribution is 2.16. The zero-order valence-corrected chi connectivity index (χ0v) is 9.93. The summed E-state index contributed by atoms with van der Waals surface area (Å²) in [5.41, 5.74) is 1.31. The predicted octanol–water partition coefficient (Wildman–Crippen LogP) is 2.98. The van der Waals surface area contributed by atoms with E-state index in [-0.39, 0.29) is 5.41 Å². The van der Waals surface area contributed by atoms with Gasteiger partial charge in [-0.1, -0.05) is 51.1 Å². The molecule has 0 radical (unpaired) electrons. The van der Waals surface area contributed by atoms with Gasteiger partial charge < -0.3 is 0 Å². The van der Waals surface area contributed by atoms with Gasteiger partial charge in [-0.3, -0.25) is 4.21 Å². The summed E-state index contributed by atoms with van der Waals surface area (Å²) < 4.78 is 11.7. The van der Waals surface area contributed by atoms with Crippen LogP contribution in [0.5, 0.6) is 0 Å². The van der Waals surface area contributed by atoms with E-state index < -0.39 is 10.8 Å². The maximum absolute atomic E-state index is 11.7. The third-order valence-corrected chi connectivity index (χ3v) is 3.61. The summed E-state index contributed by atoms with van der Waals surface area (Å²) in [5.74, 6) is 1.44. The highest BCUT2D eigenvalue weighted by Gasteiger charge is 2.14. The molecule has 0 aliphatic carbocycles. The van der Waals surface area contributed by atoms with E-state index in [2.05, 4.69) is 20.8 Å². The van der Waals surface area contributed by atoms with Gasteiger partial charge in [0.2, 0.25) is 0 Å². The summed E-state index contributed by atoms with van der Waals surface area (Å²) in [6, 6.07) is 10.0. The first kappa shape index (κ1) is 11.4. The molecule has 1 rings (SSSR count). The normalized spacial score (nSPS) is 13.9. The maximum Gasteiger partial charge on any atom is 0.0485 e. The Kier molecular flexibility index (Phi) is 3.87. The molecule has 78 valence electrons. The first-order chi connectivity index (χ1) is 6.47. The summed E-state index contributed by atoms with van der Waals surface area (Å²) in [6.45, 7) is 6.36. The van der Waals surface area contributed by atoms with Gasteiger partial charge in [-0.25, -0.2) is 0 Å². The summed E-state index contributed by atoms with van der Waals surface area (Å²) in [4.78, 5) is 0. The Bertz CT molecular complexity index is 298. The lowest BCUT2D eigenvalue weighted by atomic mass is 10.0. The Morgan fingerprint density at radius 2 is 1.71 bits per heavy atom. The fraction of sp³-hybridized carbons (Fsp3) is 0.500. The molecule has 14 heavy (non-hydrogen) atoms. The van der Waals surface area contributed by atoms with Gasteiger partial charge in [-0.2, -0.15) is 0 Å². The van der Waals surface area contributed by atoms with Crippen molar-refractivity contribution in [1.29, 1.82) is 0 Å². The molecule has 0 saturated carbocycles. The highest BCUT2D eigenvalue weighted by atomic mass is 32.2. The minimum Gasteiger partial charge on any atom is -0.259 e. The van der Waals surface area contributed by atoms with E-state index in [0.717, 1.165) is 11.3 Å². The van der Waals surface area contributed by atoms with Crippen molar-refractivity contribution in [2.75, 3.05) is 5.75 Å². The number of benzene rings is 1. The molecule has 0 heterocycles. The molecular formula is C12H18OS. The molecule has 1 unspecified atom stereocenters. The minimum absolute atomic E-state index is 0.152. The summed E-state index contributed by atoms with van der Waals surface area (Å²) in [6.07, 6.45) is 0. The molecule has 0 fully saturated rings. The van der Waals surface area contributed by atoms with Crippen LogP contribution in [-0.2, 0) is 16.6 Å². The lowest BCUT2D eigenvalue weighted by molar-refractivity contribution is 0.474. The number of rotatable bonds is 3. The zero-order chi connectivity index (χ0) is 10.6. The molecule has 2 heteroatoms. The second-order valence-corrected chi connectivity index (χ2v) is 6.23. The van der Waals surface area contributed by atoms with Crippen LogP contribution in [0, 0.1) is 5.41 Å². The predicted molar refractivity (Wildman–Crippen MR) is 62.6 cm³/mol. The molecule has 0 saturated heterocycles. The highest BCUT2D eigenvalue weighted by molar-refractivity contribution is 7.84. The molecule has 1 aromatic carbocycles. The lowest BCUT2D eigenvalue weighted by Crippen LogP contribution is -2.17. The average Bonchev–Trinajstić information content (AvgIpc) is 2.02. The van der Waals surface area contributed by atoms with Crippen molar-refractivity contribution < 1.29 is 4.21 Å². The van der Waals surface area contributed by atoms with Crippen molar-refractivity contribution in [2.45, 2.75) is 26.5 Å². The van der Waals surface area contributed by atoms with Crippen LogP contribution in [0.3, 0.4) is 0 Å². The van der Waals surface area contributed by atoms with E-state index in [0.29, 0.717) is 5.75 Å². The van der Waals surface area contributed by atoms with Crippen molar-refractivity contribution in [2.24, 2.45) is 5.41 Å². The van der Waals surface area contributed by atoms with Crippen molar-refractivity contribution in [3.05, 3.63) is 35.9 Å². The SMILES string of the molecule is CC(C)(C)CS(=O)Cc1ccccc1. The minimum atomic E-state index is -0.740. The Morgan fingerprint density at radius 1 is 1.14 bits per heavy atom. The molecule has 1 aromatic rings. The van der Waals surface area contributed by atoms with E-state index in [1.54, 1.807) is 0 Å². The van der Waals surface area contributed by atoms with E-state index >= 15 is 0 Å². The van der Waals surface area contributed by atoms with Gasteiger partial charge >= 0.3 is 0 Å². The summed E-state index contributed by atoms with van der Waals surface area (Å²) in [7, 11) is -0.740. The first-order valence-electron chi connectivity index (χ1n) is 4.86. The van der Waals surface area contributed by atoms with Crippen LogP contribution in [0.25, 0.3) is 0 Å². The second kappa shape index (κ2) is 4.74. The fourth-order valence-corrected chi connectivity index (χ4v) is 2.93. The second-order valence-electron chi connectivity index (χ2n) is 4.77. The van der Waals surface area contributed by atoms with Crippen LogP contribution >= 0.6 is 0 Å². The average molecular weight is 210 g/mol. The molecule has 0 aromatic heterocycles. The Hall–Kier alpha value is -0.630. The van der Waals surface area contributed by atoms with Crippen molar-refractivity contribution in [3.63, 3.8) is 0 Å². The first-order valence-corrected chi connectivity index (χ1v) is 6.35. The van der Waals surface area contributed by atoms with Crippen LogP contribution in [0.2, 0.25) is 0 Å². The fourth-order valence-electron chi connectivity index (χ4n) is 1.29. The topological polar surface area (TPSA) is 17.1 Å². The molecule has 0 bridgehead atoms. The summed E-state index contributed by atoms with van der Waals surface area (Å²) >= 11 is 0. The van der Waals surface area contributed by atoms with Gasteiger partial charge in [0.1, 0.15) is 0 Å². The van der Waals surface area contributed by atoms with Crippen LogP contribution in [0.15, 0.2) is 30.3 Å². The van der Waals surface area contributed by atoms with Gasteiger partial charge in [0, 0.05) is 22.3 Å². The van der Waals surface area contributed by atoms with Crippen LogP contribution in [0.1, 0.15) is 26.3 Å². The number of hydrogen-bond acceptors (Lipinski definition) is 1. The maximum atomic E-state index is 11.7. The van der Waals surface area contributed by atoms with Crippen molar-refractivity contribution in [3.8, 4) is 0 Å². The summed E-state index contributed by atoms with van der Waals surface area (Å²) in [5, 5.41) is 0. The Morgan fingerprint density at radius 3 is 2.21 bits per heavy atom. The molecule has 0 aliphatic rings.